The third-order valence-electron chi connectivity index (χ3n) is 5.07. The molecule has 136 valence electrons. The van der Waals surface area contributed by atoms with E-state index in [0.29, 0.717) is 6.54 Å². The van der Waals surface area contributed by atoms with Crippen molar-refractivity contribution in [1.82, 2.24) is 8.61 Å². The maximum Gasteiger partial charge on any atom is 0.282 e. The molecule has 0 aliphatic heterocycles. The van der Waals surface area contributed by atoms with E-state index >= 15 is 0 Å². The summed E-state index contributed by atoms with van der Waals surface area (Å²) in [5, 5.41) is 0. The Balaban J connectivity index is 2.24. The smallest absolute Gasteiger partial charge is 0.282 e. The summed E-state index contributed by atoms with van der Waals surface area (Å²) in [6.07, 6.45) is 5.36. The molecule has 0 radical (unpaired) electrons. The Hall–Kier alpha value is -1.11. The molecule has 5 nitrogen and oxygen atoms in total. The van der Waals surface area contributed by atoms with E-state index in [1.165, 1.54) is 6.42 Å². The van der Waals surface area contributed by atoms with E-state index in [0.717, 1.165) is 37.0 Å². The first-order valence-corrected chi connectivity index (χ1v) is 10.2. The first kappa shape index (κ1) is 19.2. The van der Waals surface area contributed by atoms with Gasteiger partial charge in [-0.25, -0.2) is 0 Å². The van der Waals surface area contributed by atoms with Gasteiger partial charge in [0.1, 0.15) is 5.75 Å². The van der Waals surface area contributed by atoms with Gasteiger partial charge < -0.3 is 4.74 Å². The zero-order valence-electron chi connectivity index (χ0n) is 15.2. The van der Waals surface area contributed by atoms with Gasteiger partial charge in [-0.15, -0.1) is 0 Å². The van der Waals surface area contributed by atoms with Gasteiger partial charge in [0.15, 0.2) is 0 Å². The van der Waals surface area contributed by atoms with Crippen LogP contribution >= 0.6 is 0 Å². The second kappa shape index (κ2) is 8.32. The molecule has 1 aliphatic rings. The predicted molar refractivity (Wildman–Crippen MR) is 97.3 cm³/mol. The van der Waals surface area contributed by atoms with Crippen LogP contribution < -0.4 is 4.74 Å². The van der Waals surface area contributed by atoms with Crippen molar-refractivity contribution < 1.29 is 13.2 Å². The van der Waals surface area contributed by atoms with Crippen molar-refractivity contribution in [3.8, 4) is 5.75 Å². The lowest BCUT2D eigenvalue weighted by Gasteiger charge is -2.36. The van der Waals surface area contributed by atoms with Gasteiger partial charge in [-0.3, -0.25) is 0 Å². The number of rotatable bonds is 7. The van der Waals surface area contributed by atoms with E-state index in [2.05, 4.69) is 0 Å². The van der Waals surface area contributed by atoms with E-state index in [4.69, 9.17) is 4.74 Å². The van der Waals surface area contributed by atoms with Crippen LogP contribution in [0.1, 0.15) is 57.6 Å². The summed E-state index contributed by atoms with van der Waals surface area (Å²) in [4.78, 5) is 0. The minimum Gasteiger partial charge on any atom is -0.497 e. The molecule has 1 aromatic rings. The van der Waals surface area contributed by atoms with Crippen LogP contribution in [0.5, 0.6) is 5.75 Å². The lowest BCUT2D eigenvalue weighted by atomic mass is 9.96. The number of benzene rings is 1. The highest BCUT2D eigenvalue weighted by molar-refractivity contribution is 7.86. The molecule has 1 atom stereocenters. The molecule has 2 rings (SSSR count). The first-order chi connectivity index (χ1) is 11.4. The molecule has 0 spiro atoms. The second-order valence-corrected chi connectivity index (χ2v) is 8.41. The van der Waals surface area contributed by atoms with E-state index in [1.807, 2.05) is 38.1 Å². The van der Waals surface area contributed by atoms with Crippen LogP contribution in [0, 0.1) is 0 Å². The second-order valence-electron chi connectivity index (χ2n) is 6.47. The molecule has 1 fully saturated rings. The molecule has 1 saturated carbocycles. The Morgan fingerprint density at radius 1 is 1.25 bits per heavy atom. The monoisotopic (exact) mass is 354 g/mol. The van der Waals surface area contributed by atoms with Gasteiger partial charge >= 0.3 is 0 Å². The van der Waals surface area contributed by atoms with Crippen LogP contribution in [-0.2, 0) is 10.2 Å². The first-order valence-electron chi connectivity index (χ1n) is 8.80. The molecule has 0 heterocycles. The maximum absolute atomic E-state index is 13.2. The van der Waals surface area contributed by atoms with Gasteiger partial charge in [-0.05, 0) is 37.5 Å². The number of nitrogens with zero attached hydrogens (tertiary/aromatic N) is 2. The van der Waals surface area contributed by atoms with E-state index in [9.17, 15) is 8.42 Å². The van der Waals surface area contributed by atoms with E-state index in [1.54, 1.807) is 22.8 Å². The summed E-state index contributed by atoms with van der Waals surface area (Å²) in [6.45, 7) is 4.27. The molecule has 0 saturated heterocycles. The lowest BCUT2D eigenvalue weighted by molar-refractivity contribution is 0.251. The average molecular weight is 355 g/mol. The summed E-state index contributed by atoms with van der Waals surface area (Å²) in [5.74, 6) is 0.744. The minimum atomic E-state index is -3.49. The number of hydrogen-bond donors (Lipinski definition) is 0. The molecule has 0 bridgehead atoms. The van der Waals surface area contributed by atoms with Gasteiger partial charge in [0, 0.05) is 25.7 Å². The van der Waals surface area contributed by atoms with Crippen molar-refractivity contribution in [1.29, 1.82) is 0 Å². The highest BCUT2D eigenvalue weighted by atomic mass is 32.2. The molecule has 1 aromatic carbocycles. The van der Waals surface area contributed by atoms with Gasteiger partial charge in [-0.2, -0.15) is 17.0 Å². The average Bonchev–Trinajstić information content (AvgIpc) is 2.62. The van der Waals surface area contributed by atoms with Gasteiger partial charge in [0.2, 0.25) is 0 Å². The summed E-state index contributed by atoms with van der Waals surface area (Å²) >= 11 is 0. The third kappa shape index (κ3) is 4.10. The quantitative estimate of drug-likeness (QED) is 0.752. The molecule has 0 amide bonds. The molecule has 0 N–H and O–H groups in total. The molecular formula is C18H30N2O3S. The highest BCUT2D eigenvalue weighted by Gasteiger charge is 2.35. The SMILES string of the molecule is CCN(C(C)c1cccc(OC)c1)S(=O)(=O)N(C)C1CCCCC1. The highest BCUT2D eigenvalue weighted by Crippen LogP contribution is 2.30. The topological polar surface area (TPSA) is 49.9 Å². The van der Waals surface area contributed by atoms with E-state index in [-0.39, 0.29) is 12.1 Å². The van der Waals surface area contributed by atoms with Crippen molar-refractivity contribution in [2.45, 2.75) is 58.0 Å². The number of hydrogen-bond acceptors (Lipinski definition) is 3. The van der Waals surface area contributed by atoms with Crippen molar-refractivity contribution in [2.75, 3.05) is 20.7 Å². The van der Waals surface area contributed by atoms with Crippen LogP contribution in [-0.4, -0.2) is 43.8 Å². The van der Waals surface area contributed by atoms with Crippen molar-refractivity contribution in [2.24, 2.45) is 0 Å². The Bertz CT molecular complexity index is 627. The summed E-state index contributed by atoms with van der Waals surface area (Å²) in [5.41, 5.74) is 0.941. The summed E-state index contributed by atoms with van der Waals surface area (Å²) in [7, 11) is -0.143. The molecule has 1 aliphatic carbocycles. The number of ether oxygens (including phenoxy) is 1. The fourth-order valence-corrected chi connectivity index (χ4v) is 5.27. The molecule has 1 unspecified atom stereocenters. The van der Waals surface area contributed by atoms with Gasteiger partial charge in [0.25, 0.3) is 10.2 Å². The Kier molecular flexibility index (Phi) is 6.66. The Labute approximate surface area is 146 Å². The lowest BCUT2D eigenvalue weighted by Crippen LogP contribution is -2.47. The van der Waals surface area contributed by atoms with Crippen LogP contribution in [0.25, 0.3) is 0 Å². The van der Waals surface area contributed by atoms with E-state index < -0.39 is 10.2 Å². The summed E-state index contributed by atoms with van der Waals surface area (Å²) in [6, 6.07) is 7.51. The zero-order chi connectivity index (χ0) is 17.7. The molecule has 0 aromatic heterocycles. The zero-order valence-corrected chi connectivity index (χ0v) is 16.1. The fourth-order valence-electron chi connectivity index (χ4n) is 3.50. The minimum absolute atomic E-state index is 0.121. The van der Waals surface area contributed by atoms with Crippen LogP contribution in [0.15, 0.2) is 24.3 Å². The summed E-state index contributed by atoms with van der Waals surface area (Å²) < 4.78 is 34.7. The molecular weight excluding hydrogens is 324 g/mol. The largest absolute Gasteiger partial charge is 0.497 e. The van der Waals surface area contributed by atoms with Gasteiger partial charge in [0.05, 0.1) is 7.11 Å². The van der Waals surface area contributed by atoms with Crippen LogP contribution in [0.4, 0.5) is 0 Å². The Morgan fingerprint density at radius 2 is 1.92 bits per heavy atom. The fraction of sp³-hybridized carbons (Fsp3) is 0.667. The molecule has 24 heavy (non-hydrogen) atoms. The molecule has 6 heteroatoms. The number of methoxy groups -OCH3 is 1. The van der Waals surface area contributed by atoms with Crippen LogP contribution in [0.2, 0.25) is 0 Å². The third-order valence-corrected chi connectivity index (χ3v) is 7.26. The van der Waals surface area contributed by atoms with Crippen molar-refractivity contribution in [3.05, 3.63) is 29.8 Å². The van der Waals surface area contributed by atoms with Crippen molar-refractivity contribution >= 4 is 10.2 Å². The van der Waals surface area contributed by atoms with Crippen LogP contribution in [0.3, 0.4) is 0 Å². The Morgan fingerprint density at radius 3 is 2.50 bits per heavy atom. The maximum atomic E-state index is 13.2. The predicted octanol–water partition coefficient (Wildman–Crippen LogP) is 3.59. The normalized spacial score (nSPS) is 18.1. The standard InChI is InChI=1S/C18H30N2O3S/c1-5-20(15(2)16-10-9-13-18(14-16)23-4)24(21,22)19(3)17-11-7-6-8-12-17/h9-10,13-15,17H,5-8,11-12H2,1-4H3. The van der Waals surface area contributed by atoms with Crippen molar-refractivity contribution in [3.63, 3.8) is 0 Å². The van der Waals surface area contributed by atoms with Gasteiger partial charge in [-0.1, -0.05) is 38.3 Å².